The molecule has 2 aliphatic rings. The van der Waals surface area contributed by atoms with Crippen molar-refractivity contribution in [3.63, 3.8) is 0 Å². The molecule has 2 unspecified atom stereocenters. The number of aliphatic imine (C=N–C) groups is 1. The third-order valence-electron chi connectivity index (χ3n) is 5.95. The molecule has 0 aliphatic carbocycles. The molecular formula is C25H22ClF2N5O. The zero-order valence-corrected chi connectivity index (χ0v) is 18.9. The number of fused-ring (bicyclic) bond motifs is 2. The Morgan fingerprint density at radius 3 is 2.76 bits per heavy atom. The highest BCUT2D eigenvalue weighted by Crippen LogP contribution is 2.40. The second kappa shape index (κ2) is 10.2. The van der Waals surface area contributed by atoms with E-state index in [2.05, 4.69) is 16.9 Å². The lowest BCUT2D eigenvalue weighted by molar-refractivity contribution is -0.118. The second-order valence-corrected chi connectivity index (χ2v) is 8.32. The van der Waals surface area contributed by atoms with E-state index in [9.17, 15) is 14.5 Å². The predicted octanol–water partition coefficient (Wildman–Crippen LogP) is 4.46. The van der Waals surface area contributed by atoms with Gasteiger partial charge in [-0.15, -0.1) is 11.1 Å². The Kier molecular flexibility index (Phi) is 7.06. The summed E-state index contributed by atoms with van der Waals surface area (Å²) in [6.07, 6.45) is 3.75. The fourth-order valence-electron chi connectivity index (χ4n) is 4.43. The predicted molar refractivity (Wildman–Crippen MR) is 129 cm³/mol. The minimum Gasteiger partial charge on any atom is -0.371 e. The van der Waals surface area contributed by atoms with Gasteiger partial charge in [0.2, 0.25) is 0 Å². The van der Waals surface area contributed by atoms with E-state index < -0.39 is 23.7 Å². The first-order valence-corrected chi connectivity index (χ1v) is 11.2. The van der Waals surface area contributed by atoms with Crippen molar-refractivity contribution in [1.82, 2.24) is 15.8 Å². The third kappa shape index (κ3) is 4.20. The molecule has 2 aliphatic heterocycles. The SMILES string of the molecule is C=CCCN(CCNF)C1=C(C#N)C(=O)NC2C(F)=C(c3cccc4cccc(Cl)c34)N=CC12. The van der Waals surface area contributed by atoms with Crippen molar-refractivity contribution in [3.05, 3.63) is 76.7 Å². The summed E-state index contributed by atoms with van der Waals surface area (Å²) in [5.41, 5.74) is 2.35. The molecular weight excluding hydrogens is 460 g/mol. The maximum atomic E-state index is 16.0. The van der Waals surface area contributed by atoms with Gasteiger partial charge < -0.3 is 10.2 Å². The quantitative estimate of drug-likeness (QED) is 0.431. The topological polar surface area (TPSA) is 80.5 Å². The van der Waals surface area contributed by atoms with E-state index in [0.717, 1.165) is 5.39 Å². The van der Waals surface area contributed by atoms with E-state index in [1.54, 1.807) is 34.7 Å². The van der Waals surface area contributed by atoms with Crippen LogP contribution < -0.4 is 10.9 Å². The fourth-order valence-corrected chi connectivity index (χ4v) is 4.71. The Labute approximate surface area is 200 Å². The number of nitriles is 1. The molecule has 2 heterocycles. The average Bonchev–Trinajstić information content (AvgIpc) is 2.84. The number of rotatable bonds is 8. The zero-order valence-electron chi connectivity index (χ0n) is 18.2. The minimum atomic E-state index is -1.06. The Morgan fingerprint density at radius 1 is 1.29 bits per heavy atom. The molecule has 0 saturated carbocycles. The second-order valence-electron chi connectivity index (χ2n) is 7.92. The molecule has 0 bridgehead atoms. The van der Waals surface area contributed by atoms with Crippen LogP contribution in [0.25, 0.3) is 16.5 Å². The smallest absolute Gasteiger partial charge is 0.264 e. The molecule has 4 rings (SSSR count). The summed E-state index contributed by atoms with van der Waals surface area (Å²) in [6.45, 7) is 4.22. The lowest BCUT2D eigenvalue weighted by Crippen LogP contribution is -2.52. The lowest BCUT2D eigenvalue weighted by atomic mass is 9.85. The van der Waals surface area contributed by atoms with Crippen LogP contribution in [0.3, 0.4) is 0 Å². The first-order chi connectivity index (χ1) is 16.5. The van der Waals surface area contributed by atoms with Gasteiger partial charge >= 0.3 is 0 Å². The van der Waals surface area contributed by atoms with Crippen molar-refractivity contribution in [3.8, 4) is 6.07 Å². The number of carbonyl (C=O) groups is 1. The molecule has 9 heteroatoms. The van der Waals surface area contributed by atoms with E-state index in [0.29, 0.717) is 34.6 Å². The van der Waals surface area contributed by atoms with Crippen LogP contribution in [0.4, 0.5) is 8.87 Å². The number of benzene rings is 2. The van der Waals surface area contributed by atoms with E-state index >= 15 is 4.39 Å². The Balaban J connectivity index is 1.81. The van der Waals surface area contributed by atoms with Crippen LogP contribution in [0.5, 0.6) is 0 Å². The summed E-state index contributed by atoms with van der Waals surface area (Å²) < 4.78 is 28.7. The fraction of sp³-hybridized carbons (Fsp3) is 0.240. The van der Waals surface area contributed by atoms with E-state index in [1.165, 1.54) is 6.21 Å². The number of hydrogen-bond acceptors (Lipinski definition) is 5. The van der Waals surface area contributed by atoms with Gasteiger partial charge in [-0.25, -0.2) is 4.39 Å². The molecule has 0 radical (unpaired) electrons. The maximum Gasteiger partial charge on any atom is 0.264 e. The van der Waals surface area contributed by atoms with Crippen LogP contribution >= 0.6 is 11.6 Å². The van der Waals surface area contributed by atoms with Gasteiger partial charge in [-0.2, -0.15) is 10.8 Å². The molecule has 34 heavy (non-hydrogen) atoms. The zero-order chi connectivity index (χ0) is 24.2. The Morgan fingerprint density at radius 2 is 2.06 bits per heavy atom. The monoisotopic (exact) mass is 481 g/mol. The van der Waals surface area contributed by atoms with Gasteiger partial charge in [0.1, 0.15) is 23.2 Å². The van der Waals surface area contributed by atoms with Crippen molar-refractivity contribution in [2.45, 2.75) is 12.5 Å². The molecule has 2 aromatic rings. The Bertz CT molecular complexity index is 1270. The van der Waals surface area contributed by atoms with Crippen LogP contribution in [0.2, 0.25) is 5.02 Å². The third-order valence-corrected chi connectivity index (χ3v) is 6.26. The highest BCUT2D eigenvalue weighted by Gasteiger charge is 2.42. The molecule has 2 atom stereocenters. The van der Waals surface area contributed by atoms with E-state index in [4.69, 9.17) is 11.6 Å². The van der Waals surface area contributed by atoms with Gasteiger partial charge in [0.25, 0.3) is 5.91 Å². The average molecular weight is 482 g/mol. The summed E-state index contributed by atoms with van der Waals surface area (Å²) in [7, 11) is 0. The van der Waals surface area contributed by atoms with Crippen molar-refractivity contribution in [1.29, 1.82) is 5.26 Å². The van der Waals surface area contributed by atoms with Gasteiger partial charge in [-0.05, 0) is 17.9 Å². The van der Waals surface area contributed by atoms with E-state index in [1.807, 2.05) is 24.3 Å². The largest absolute Gasteiger partial charge is 0.371 e. The number of hydrogen-bond donors (Lipinski definition) is 2. The van der Waals surface area contributed by atoms with Crippen LogP contribution in [0, 0.1) is 17.2 Å². The molecule has 0 spiro atoms. The molecule has 0 fully saturated rings. The minimum absolute atomic E-state index is 0.0342. The molecule has 0 saturated heterocycles. The van der Waals surface area contributed by atoms with Crippen molar-refractivity contribution < 1.29 is 13.7 Å². The molecule has 1 amide bonds. The van der Waals surface area contributed by atoms with Gasteiger partial charge in [0.05, 0.1) is 12.0 Å². The van der Waals surface area contributed by atoms with Crippen LogP contribution in [-0.4, -0.2) is 42.7 Å². The Hall–Kier alpha value is -3.54. The van der Waals surface area contributed by atoms with Crippen LogP contribution in [0.1, 0.15) is 12.0 Å². The normalized spacial score (nSPS) is 19.6. The summed E-state index contributed by atoms with van der Waals surface area (Å²) in [6, 6.07) is 11.7. The summed E-state index contributed by atoms with van der Waals surface area (Å²) in [5.74, 6) is -2.04. The number of nitrogens with zero attached hydrogens (tertiary/aromatic N) is 3. The lowest BCUT2D eigenvalue weighted by Gasteiger charge is -2.39. The van der Waals surface area contributed by atoms with E-state index in [-0.39, 0.29) is 24.4 Å². The van der Waals surface area contributed by atoms with Crippen LogP contribution in [0.15, 0.2) is 71.1 Å². The number of amides is 1. The van der Waals surface area contributed by atoms with Gasteiger partial charge in [0.15, 0.2) is 0 Å². The van der Waals surface area contributed by atoms with Crippen molar-refractivity contribution in [2.24, 2.45) is 10.9 Å². The van der Waals surface area contributed by atoms with Crippen molar-refractivity contribution in [2.75, 3.05) is 19.6 Å². The molecule has 174 valence electrons. The first-order valence-electron chi connectivity index (χ1n) is 10.8. The number of carbonyl (C=O) groups excluding carboxylic acids is 1. The van der Waals surface area contributed by atoms with Gasteiger partial charge in [0, 0.05) is 47.5 Å². The highest BCUT2D eigenvalue weighted by molar-refractivity contribution is 6.36. The standard InChI is InChI=1S/C25H22ClF2N5O/c1-2-3-11-33(12-10-31-28)24-17(13-29)25(34)32-23-18(24)14-30-22(21(23)27)16-8-4-6-15-7-5-9-19(26)20(15)16/h2,4-9,14,18,23,31H,1,3,10-12H2,(H,32,34). The highest BCUT2D eigenvalue weighted by atomic mass is 35.5. The molecule has 2 N–H and O–H groups in total. The van der Waals surface area contributed by atoms with Crippen LogP contribution in [-0.2, 0) is 4.79 Å². The number of halogens is 3. The van der Waals surface area contributed by atoms with Gasteiger partial charge in [-0.1, -0.05) is 48.0 Å². The summed E-state index contributed by atoms with van der Waals surface area (Å²) in [4.78, 5) is 19.0. The van der Waals surface area contributed by atoms with Crippen molar-refractivity contribution >= 4 is 40.2 Å². The first kappa shape index (κ1) is 23.6. The summed E-state index contributed by atoms with van der Waals surface area (Å²) in [5, 5.41) is 14.3. The molecule has 6 nitrogen and oxygen atoms in total. The molecule has 2 aromatic carbocycles. The molecule has 0 aromatic heterocycles. The summed E-state index contributed by atoms with van der Waals surface area (Å²) >= 11 is 6.43. The van der Waals surface area contributed by atoms with Gasteiger partial charge in [-0.3, -0.25) is 9.79 Å². The number of nitrogens with one attached hydrogen (secondary N) is 2. The maximum absolute atomic E-state index is 16.0.